The first-order valence-electron chi connectivity index (χ1n) is 10.6. The van der Waals surface area contributed by atoms with E-state index in [1.54, 1.807) is 12.5 Å². The summed E-state index contributed by atoms with van der Waals surface area (Å²) in [6, 6.07) is 2.40. The van der Waals surface area contributed by atoms with E-state index in [2.05, 4.69) is 89.2 Å². The van der Waals surface area contributed by atoms with Crippen LogP contribution in [0.5, 0.6) is 0 Å². The maximum Gasteiger partial charge on any atom is 4.00 e. The summed E-state index contributed by atoms with van der Waals surface area (Å²) < 4.78 is 0. The van der Waals surface area contributed by atoms with E-state index in [-0.39, 0.29) is 46.5 Å². The summed E-state index contributed by atoms with van der Waals surface area (Å²) in [5.74, 6) is 3.97. The number of rotatable bonds is 7. The molecule has 0 saturated carbocycles. The second-order valence-electron chi connectivity index (χ2n) is 8.99. The molecule has 0 nitrogen and oxygen atoms in total. The molecule has 0 aromatic heterocycles. The Kier molecular flexibility index (Phi) is 31.1. The summed E-state index contributed by atoms with van der Waals surface area (Å²) >= 11 is 0. The third-order valence-corrected chi connectivity index (χ3v) is 7.07. The molecule has 0 aliphatic heterocycles. The molecular formula is C25H49Cl2PTi. The van der Waals surface area contributed by atoms with Gasteiger partial charge in [0.2, 0.25) is 0 Å². The molecule has 0 bridgehead atoms. The average molecular weight is 499 g/mol. The van der Waals surface area contributed by atoms with Gasteiger partial charge in [-0.1, -0.05) is 76.2 Å². The van der Waals surface area contributed by atoms with Crippen LogP contribution < -0.4 is 24.8 Å². The zero-order chi connectivity index (χ0) is 21.0. The second-order valence-corrected chi connectivity index (χ2v) is 10.3. The molecule has 0 aliphatic rings. The first kappa shape index (κ1) is 40.4. The fraction of sp³-hybridized carbons (Fsp3) is 0.760. The first-order valence-corrected chi connectivity index (χ1v) is 12.0. The van der Waals surface area contributed by atoms with Crippen molar-refractivity contribution in [2.75, 3.05) is 12.3 Å². The minimum absolute atomic E-state index is 0. The molecule has 0 atom stereocenters. The smallest absolute Gasteiger partial charge is 1.00 e. The van der Waals surface area contributed by atoms with Crippen molar-refractivity contribution in [1.82, 2.24) is 0 Å². The molecule has 4 heteroatoms. The largest absolute Gasteiger partial charge is 4.00 e. The molecule has 1 aromatic carbocycles. The van der Waals surface area contributed by atoms with Gasteiger partial charge in [0.1, 0.15) is 0 Å². The van der Waals surface area contributed by atoms with Gasteiger partial charge in [-0.2, -0.15) is 35.2 Å². The Morgan fingerprint density at radius 3 is 1.28 bits per heavy atom. The van der Waals surface area contributed by atoms with Crippen molar-refractivity contribution in [3.8, 4) is 0 Å². The molecule has 0 unspecified atom stereocenters. The van der Waals surface area contributed by atoms with Crippen molar-refractivity contribution in [2.24, 2.45) is 23.7 Å². The van der Waals surface area contributed by atoms with Crippen molar-refractivity contribution in [3.63, 3.8) is 0 Å². The van der Waals surface area contributed by atoms with Crippen LogP contribution >= 0.6 is 8.58 Å². The predicted molar refractivity (Wildman–Crippen MR) is 127 cm³/mol. The van der Waals surface area contributed by atoms with E-state index in [0.717, 1.165) is 23.7 Å². The van der Waals surface area contributed by atoms with Crippen LogP contribution in [0.25, 0.3) is 0 Å². The maximum absolute atomic E-state index is 3.25. The van der Waals surface area contributed by atoms with Crippen LogP contribution in [0.1, 0.15) is 90.5 Å². The summed E-state index contributed by atoms with van der Waals surface area (Å²) in [5, 5.41) is 0. The van der Waals surface area contributed by atoms with Crippen LogP contribution in [0.4, 0.5) is 0 Å². The van der Waals surface area contributed by atoms with Crippen LogP contribution in [0.3, 0.4) is 0 Å². The summed E-state index contributed by atoms with van der Waals surface area (Å²) in [7, 11) is 1.19. The number of hydrogen-bond donors (Lipinski definition) is 0. The van der Waals surface area contributed by atoms with Crippen LogP contribution in [-0.2, 0) is 21.7 Å². The van der Waals surface area contributed by atoms with Gasteiger partial charge in [0.05, 0.1) is 0 Å². The average Bonchev–Trinajstić information content (AvgIpc) is 2.76. The van der Waals surface area contributed by atoms with Crippen molar-refractivity contribution < 1.29 is 46.5 Å². The molecule has 0 saturated heterocycles. The van der Waals surface area contributed by atoms with Gasteiger partial charge in [-0.3, -0.25) is 0 Å². The van der Waals surface area contributed by atoms with E-state index in [9.17, 15) is 0 Å². The zero-order valence-corrected chi connectivity index (χ0v) is 25.4. The summed E-state index contributed by atoms with van der Waals surface area (Å²) in [4.78, 5) is 0. The van der Waals surface area contributed by atoms with E-state index in [4.69, 9.17) is 0 Å². The molecule has 1 rings (SSSR count). The van der Waals surface area contributed by atoms with Crippen LogP contribution in [0, 0.1) is 51.4 Å². The summed E-state index contributed by atoms with van der Waals surface area (Å²) in [6.45, 7) is 30.3. The quantitative estimate of drug-likeness (QED) is 0.308. The van der Waals surface area contributed by atoms with Gasteiger partial charge < -0.3 is 31.7 Å². The van der Waals surface area contributed by atoms with Gasteiger partial charge in [0.15, 0.2) is 0 Å². The van der Waals surface area contributed by atoms with Crippen molar-refractivity contribution in [2.45, 2.75) is 89.0 Å². The molecule has 0 heterocycles. The van der Waals surface area contributed by atoms with Crippen LogP contribution in [0.2, 0.25) is 0 Å². The molecule has 0 aliphatic carbocycles. The van der Waals surface area contributed by atoms with Gasteiger partial charge in [-0.05, 0) is 41.9 Å². The van der Waals surface area contributed by atoms with Crippen molar-refractivity contribution >= 4 is 8.58 Å². The van der Waals surface area contributed by atoms with E-state index in [0.29, 0.717) is 5.92 Å². The zero-order valence-electron chi connectivity index (χ0n) is 21.3. The Morgan fingerprint density at radius 1 is 0.724 bits per heavy atom. The molecular weight excluding hydrogens is 450 g/mol. The fourth-order valence-electron chi connectivity index (χ4n) is 3.46. The molecule has 1 aromatic rings. The monoisotopic (exact) mass is 498 g/mol. The summed E-state index contributed by atoms with van der Waals surface area (Å²) in [5.41, 5.74) is 6.03. The van der Waals surface area contributed by atoms with E-state index in [1.165, 1.54) is 37.6 Å². The Bertz CT molecular complexity index is 450. The maximum atomic E-state index is 3.25. The standard InChI is InChI=1S/C15H25.C8H19P.C2H5.2ClH.Ti/c1-9(2)15(10(3)4)14-8-11(5)12(6)13(14)7;1-7(2)5-9-6-8(3)4;1-2;;;/h8-10,15H,1-7H3;7-9H,5-6H2,1-4H3;1H2,2H3;2*1H;/q-1;;-1;;;+4/p-2. The minimum atomic E-state index is 0. The van der Waals surface area contributed by atoms with Crippen molar-refractivity contribution in [3.05, 3.63) is 35.2 Å². The number of hydrogen-bond acceptors (Lipinski definition) is 0. The normalized spacial score (nSPS) is 10.0. The van der Waals surface area contributed by atoms with Crippen LogP contribution in [0.15, 0.2) is 6.07 Å². The molecule has 0 radical (unpaired) electrons. The SMILES string of the molecule is CC(C)CPCC(C)C.Cc1[cH-]c(C(C(C)C)C(C)C)c(C)c1C.[CH2-]C.[Cl-].[Cl-].[Ti+4]. The Morgan fingerprint density at radius 2 is 1.07 bits per heavy atom. The van der Waals surface area contributed by atoms with Gasteiger partial charge >= 0.3 is 21.7 Å². The topological polar surface area (TPSA) is 0 Å². The number of halogens is 2. The van der Waals surface area contributed by atoms with E-state index < -0.39 is 0 Å². The van der Waals surface area contributed by atoms with Crippen LogP contribution in [-0.4, -0.2) is 12.3 Å². The third kappa shape index (κ3) is 17.3. The van der Waals surface area contributed by atoms with Crippen molar-refractivity contribution in [1.29, 1.82) is 0 Å². The Labute approximate surface area is 214 Å². The summed E-state index contributed by atoms with van der Waals surface area (Å²) in [6.07, 6.45) is 2.86. The van der Waals surface area contributed by atoms with E-state index in [1.807, 2.05) is 0 Å². The molecule has 172 valence electrons. The van der Waals surface area contributed by atoms with Gasteiger partial charge in [-0.25, -0.2) is 0 Å². The Balaban J connectivity index is -0.000000121. The minimum Gasteiger partial charge on any atom is -1.00 e. The Hall–Kier alpha value is 1.07. The van der Waals surface area contributed by atoms with E-state index >= 15 is 0 Å². The molecule has 0 fully saturated rings. The number of aryl methyl sites for hydroxylation is 1. The molecule has 0 N–H and O–H groups in total. The first-order chi connectivity index (χ1) is 12.0. The fourth-order valence-corrected chi connectivity index (χ4v) is 4.78. The third-order valence-electron chi connectivity index (χ3n) is 4.86. The van der Waals surface area contributed by atoms with Gasteiger partial charge in [-0.15, -0.1) is 8.58 Å². The van der Waals surface area contributed by atoms with Gasteiger partial charge in [0, 0.05) is 0 Å². The predicted octanol–water partition coefficient (Wildman–Crippen LogP) is 2.55. The molecule has 0 spiro atoms. The molecule has 0 amide bonds. The second kappa shape index (κ2) is 22.3. The van der Waals surface area contributed by atoms with Gasteiger partial charge in [0.25, 0.3) is 0 Å². The molecule has 29 heavy (non-hydrogen) atoms.